The Balaban J connectivity index is 1.67. The molecule has 2 rings (SSSR count). The van der Waals surface area contributed by atoms with Gasteiger partial charge in [0, 0.05) is 12.5 Å². The largest absolute Gasteiger partial charge is 0.491 e. The predicted octanol–water partition coefficient (Wildman–Crippen LogP) is 1.63. The van der Waals surface area contributed by atoms with Crippen LogP contribution >= 0.6 is 0 Å². The van der Waals surface area contributed by atoms with Gasteiger partial charge >= 0.3 is 0 Å². The highest BCUT2D eigenvalue weighted by Gasteiger charge is 2.22. The fraction of sp³-hybridized carbons (Fsp3) is 0.600. The Kier molecular flexibility index (Phi) is 6.11. The third kappa shape index (κ3) is 5.77. The second-order valence-electron chi connectivity index (χ2n) is 4.79. The van der Waals surface area contributed by atoms with Crippen LogP contribution in [-0.2, 0) is 9.47 Å². The second-order valence-corrected chi connectivity index (χ2v) is 4.79. The van der Waals surface area contributed by atoms with E-state index in [0.29, 0.717) is 25.1 Å². The molecule has 1 aliphatic heterocycles. The Labute approximate surface area is 119 Å². The summed E-state index contributed by atoms with van der Waals surface area (Å²) in [5.74, 6) is 1.46. The van der Waals surface area contributed by atoms with Gasteiger partial charge in [-0.1, -0.05) is 6.07 Å². The average molecular weight is 282 g/mol. The van der Waals surface area contributed by atoms with Crippen LogP contribution in [0.5, 0.6) is 11.5 Å². The molecular formula is C15H22O5. The van der Waals surface area contributed by atoms with Gasteiger partial charge in [-0.25, -0.2) is 0 Å². The normalized spacial score (nSPS) is 18.6. The molecule has 0 radical (unpaired) electrons. The zero-order chi connectivity index (χ0) is 14.2. The molecule has 1 aromatic rings. The molecule has 2 atom stereocenters. The van der Waals surface area contributed by atoms with Gasteiger partial charge in [0.1, 0.15) is 24.2 Å². The van der Waals surface area contributed by atoms with Gasteiger partial charge in [-0.15, -0.1) is 0 Å². The van der Waals surface area contributed by atoms with Crippen LogP contribution < -0.4 is 9.47 Å². The number of epoxide rings is 1. The Morgan fingerprint density at radius 3 is 2.90 bits per heavy atom. The number of ether oxygens (including phenoxy) is 4. The van der Waals surface area contributed by atoms with Crippen molar-refractivity contribution in [3.63, 3.8) is 0 Å². The van der Waals surface area contributed by atoms with Gasteiger partial charge in [-0.05, 0) is 19.1 Å². The van der Waals surface area contributed by atoms with Gasteiger partial charge in [0.2, 0.25) is 0 Å². The molecule has 1 aliphatic rings. The predicted molar refractivity (Wildman–Crippen MR) is 74.3 cm³/mol. The van der Waals surface area contributed by atoms with E-state index in [0.717, 1.165) is 18.8 Å². The van der Waals surface area contributed by atoms with Crippen molar-refractivity contribution in [3.8, 4) is 11.5 Å². The van der Waals surface area contributed by atoms with E-state index in [1.807, 2.05) is 31.2 Å². The van der Waals surface area contributed by atoms with Crippen LogP contribution in [-0.4, -0.2) is 50.3 Å². The van der Waals surface area contributed by atoms with Crippen LogP contribution in [0.15, 0.2) is 24.3 Å². The summed E-state index contributed by atoms with van der Waals surface area (Å²) in [5.41, 5.74) is 0. The Morgan fingerprint density at radius 1 is 1.35 bits per heavy atom. The molecule has 0 aliphatic carbocycles. The number of aliphatic hydroxyl groups is 1. The second kappa shape index (κ2) is 8.09. The van der Waals surface area contributed by atoms with E-state index in [9.17, 15) is 0 Å². The lowest BCUT2D eigenvalue weighted by Crippen LogP contribution is -2.15. The summed E-state index contributed by atoms with van der Waals surface area (Å²) in [6.07, 6.45) is 1.21. The van der Waals surface area contributed by atoms with Crippen molar-refractivity contribution in [2.75, 3.05) is 33.0 Å². The molecule has 0 amide bonds. The first-order chi connectivity index (χ1) is 9.78. The number of aliphatic hydroxyl groups excluding tert-OH is 1. The molecule has 5 heteroatoms. The van der Waals surface area contributed by atoms with Gasteiger partial charge in [-0.3, -0.25) is 0 Å². The van der Waals surface area contributed by atoms with Crippen LogP contribution in [0, 0.1) is 0 Å². The molecule has 5 nitrogen and oxygen atoms in total. The van der Waals surface area contributed by atoms with E-state index in [-0.39, 0.29) is 19.3 Å². The van der Waals surface area contributed by atoms with Crippen molar-refractivity contribution in [1.29, 1.82) is 0 Å². The molecule has 112 valence electrons. The molecular weight excluding hydrogens is 260 g/mol. The third-order valence-electron chi connectivity index (χ3n) is 2.88. The summed E-state index contributed by atoms with van der Waals surface area (Å²) >= 11 is 0. The smallest absolute Gasteiger partial charge is 0.123 e. The quantitative estimate of drug-likeness (QED) is 0.522. The van der Waals surface area contributed by atoms with Crippen molar-refractivity contribution in [2.24, 2.45) is 0 Å². The minimum atomic E-state index is 0.00351. The van der Waals surface area contributed by atoms with Crippen LogP contribution in [0.1, 0.15) is 13.3 Å². The Morgan fingerprint density at radius 2 is 2.15 bits per heavy atom. The molecule has 1 heterocycles. The lowest BCUT2D eigenvalue weighted by atomic mass is 10.3. The van der Waals surface area contributed by atoms with Crippen LogP contribution in [0.4, 0.5) is 0 Å². The molecule has 1 N–H and O–H groups in total. The topological polar surface area (TPSA) is 60.5 Å². The monoisotopic (exact) mass is 282 g/mol. The van der Waals surface area contributed by atoms with E-state index in [1.54, 1.807) is 0 Å². The fourth-order valence-electron chi connectivity index (χ4n) is 1.72. The van der Waals surface area contributed by atoms with Gasteiger partial charge in [0.15, 0.2) is 0 Å². The SMILES string of the molecule is CC(CCOCC1CO1)Oc1cccc(OCCO)c1. The van der Waals surface area contributed by atoms with E-state index in [2.05, 4.69) is 0 Å². The maximum atomic E-state index is 8.73. The Hall–Kier alpha value is -1.30. The molecule has 1 aromatic carbocycles. The van der Waals surface area contributed by atoms with Gasteiger partial charge in [-0.2, -0.15) is 0 Å². The number of rotatable bonds is 10. The first kappa shape index (κ1) is 15.1. The first-order valence-electron chi connectivity index (χ1n) is 6.97. The van der Waals surface area contributed by atoms with E-state index in [1.165, 1.54) is 0 Å². The summed E-state index contributed by atoms with van der Waals surface area (Å²) < 4.78 is 21.7. The van der Waals surface area contributed by atoms with E-state index in [4.69, 9.17) is 24.1 Å². The molecule has 20 heavy (non-hydrogen) atoms. The Bertz CT molecular complexity index is 392. The van der Waals surface area contributed by atoms with E-state index < -0.39 is 0 Å². The summed E-state index contributed by atoms with van der Waals surface area (Å²) in [7, 11) is 0. The van der Waals surface area contributed by atoms with E-state index >= 15 is 0 Å². The molecule has 2 unspecified atom stereocenters. The lowest BCUT2D eigenvalue weighted by molar-refractivity contribution is 0.0866. The third-order valence-corrected chi connectivity index (χ3v) is 2.88. The standard InChI is InChI=1S/C15H22O5/c1-12(5-7-17-10-15-11-19-15)20-14-4-2-3-13(9-14)18-8-6-16/h2-4,9,12,15-16H,5-8,10-11H2,1H3. The van der Waals surface area contributed by atoms with Crippen molar-refractivity contribution < 1.29 is 24.1 Å². The summed E-state index contributed by atoms with van der Waals surface area (Å²) in [5, 5.41) is 8.73. The summed E-state index contributed by atoms with van der Waals surface area (Å²) in [6.45, 7) is 4.48. The lowest BCUT2D eigenvalue weighted by Gasteiger charge is -2.15. The number of hydrogen-bond acceptors (Lipinski definition) is 5. The molecule has 0 bridgehead atoms. The van der Waals surface area contributed by atoms with Crippen molar-refractivity contribution in [1.82, 2.24) is 0 Å². The van der Waals surface area contributed by atoms with Crippen molar-refractivity contribution in [2.45, 2.75) is 25.6 Å². The maximum absolute atomic E-state index is 8.73. The zero-order valence-electron chi connectivity index (χ0n) is 11.8. The van der Waals surface area contributed by atoms with Crippen molar-refractivity contribution in [3.05, 3.63) is 24.3 Å². The molecule has 1 fully saturated rings. The average Bonchev–Trinajstić information content (AvgIpc) is 3.26. The molecule has 0 saturated carbocycles. The fourth-order valence-corrected chi connectivity index (χ4v) is 1.72. The van der Waals surface area contributed by atoms with Crippen LogP contribution in [0.3, 0.4) is 0 Å². The highest BCUT2D eigenvalue weighted by molar-refractivity contribution is 5.33. The van der Waals surface area contributed by atoms with Crippen LogP contribution in [0.2, 0.25) is 0 Å². The van der Waals surface area contributed by atoms with Gasteiger partial charge in [0.25, 0.3) is 0 Å². The van der Waals surface area contributed by atoms with Crippen molar-refractivity contribution >= 4 is 0 Å². The highest BCUT2D eigenvalue weighted by atomic mass is 16.6. The molecule has 1 saturated heterocycles. The highest BCUT2D eigenvalue weighted by Crippen LogP contribution is 2.21. The molecule has 0 spiro atoms. The maximum Gasteiger partial charge on any atom is 0.123 e. The number of hydrogen-bond donors (Lipinski definition) is 1. The minimum Gasteiger partial charge on any atom is -0.491 e. The van der Waals surface area contributed by atoms with Gasteiger partial charge in [0.05, 0.1) is 32.5 Å². The summed E-state index contributed by atoms with van der Waals surface area (Å²) in [4.78, 5) is 0. The number of benzene rings is 1. The first-order valence-corrected chi connectivity index (χ1v) is 6.97. The van der Waals surface area contributed by atoms with Crippen LogP contribution in [0.25, 0.3) is 0 Å². The minimum absolute atomic E-state index is 0.00351. The zero-order valence-corrected chi connectivity index (χ0v) is 11.8. The summed E-state index contributed by atoms with van der Waals surface area (Å²) in [6, 6.07) is 7.42. The molecule has 0 aromatic heterocycles. The van der Waals surface area contributed by atoms with Gasteiger partial charge < -0.3 is 24.1 Å².